The van der Waals surface area contributed by atoms with Crippen LogP contribution in [0.25, 0.3) is 0 Å². The Bertz CT molecular complexity index is 483. The van der Waals surface area contributed by atoms with Crippen molar-refractivity contribution >= 4 is 5.91 Å². The number of carbonyl (C=O) groups is 1. The molecule has 1 heterocycles. The number of benzene rings is 1. The second kappa shape index (κ2) is 6.48. The van der Waals surface area contributed by atoms with Crippen LogP contribution >= 0.6 is 0 Å². The first-order chi connectivity index (χ1) is 10.2. The van der Waals surface area contributed by atoms with Gasteiger partial charge < -0.3 is 14.4 Å². The quantitative estimate of drug-likeness (QED) is 0.858. The molecule has 1 aromatic carbocycles. The molecule has 1 aliphatic carbocycles. The summed E-state index contributed by atoms with van der Waals surface area (Å²) in [7, 11) is 0. The zero-order valence-corrected chi connectivity index (χ0v) is 12.6. The van der Waals surface area contributed by atoms with E-state index >= 15 is 0 Å². The highest BCUT2D eigenvalue weighted by Crippen LogP contribution is 2.28. The second-order valence-electron chi connectivity index (χ2n) is 5.95. The summed E-state index contributed by atoms with van der Waals surface area (Å²) in [6.45, 7) is 3.49. The Morgan fingerprint density at radius 2 is 2.05 bits per heavy atom. The van der Waals surface area contributed by atoms with Crippen LogP contribution in [0.4, 0.5) is 0 Å². The Hall–Kier alpha value is -1.55. The number of hydrogen-bond donors (Lipinski definition) is 0. The van der Waals surface area contributed by atoms with Gasteiger partial charge in [0, 0.05) is 6.54 Å². The Kier molecular flexibility index (Phi) is 4.44. The average Bonchev–Trinajstić information content (AvgIpc) is 2.53. The summed E-state index contributed by atoms with van der Waals surface area (Å²) >= 11 is 0. The monoisotopic (exact) mass is 289 g/mol. The van der Waals surface area contributed by atoms with Crippen molar-refractivity contribution in [2.75, 3.05) is 19.8 Å². The van der Waals surface area contributed by atoms with E-state index in [-0.39, 0.29) is 24.7 Å². The van der Waals surface area contributed by atoms with Gasteiger partial charge >= 0.3 is 0 Å². The standard InChI is InChI=1S/C17H23NO3/c1-13-6-8-14(9-7-13)21-12-17(19)18-10-11-20-16-5-3-2-4-15(16)18/h6-9,15-16H,2-5,10-12H2,1H3/t15-,16-/m0/s1. The molecule has 2 aliphatic rings. The van der Waals surface area contributed by atoms with Crippen molar-refractivity contribution in [3.8, 4) is 5.75 Å². The van der Waals surface area contributed by atoms with Gasteiger partial charge in [-0.2, -0.15) is 0 Å². The molecule has 114 valence electrons. The van der Waals surface area contributed by atoms with Gasteiger partial charge in [0.25, 0.3) is 5.91 Å². The number of rotatable bonds is 3. The van der Waals surface area contributed by atoms with E-state index in [2.05, 4.69) is 0 Å². The minimum atomic E-state index is 0.0794. The predicted molar refractivity (Wildman–Crippen MR) is 80.4 cm³/mol. The lowest BCUT2D eigenvalue weighted by Gasteiger charge is -2.43. The summed E-state index contributed by atoms with van der Waals surface area (Å²) in [6.07, 6.45) is 4.76. The molecule has 0 radical (unpaired) electrons. The first-order valence-electron chi connectivity index (χ1n) is 7.84. The highest BCUT2D eigenvalue weighted by atomic mass is 16.5. The van der Waals surface area contributed by atoms with Gasteiger partial charge in [0.2, 0.25) is 0 Å². The van der Waals surface area contributed by atoms with Gasteiger partial charge in [0.15, 0.2) is 6.61 Å². The summed E-state index contributed by atoms with van der Waals surface area (Å²) < 4.78 is 11.4. The van der Waals surface area contributed by atoms with E-state index in [1.807, 2.05) is 36.1 Å². The number of morpholine rings is 1. The van der Waals surface area contributed by atoms with E-state index in [0.717, 1.165) is 18.6 Å². The fraction of sp³-hybridized carbons (Fsp3) is 0.588. The Balaban J connectivity index is 1.57. The molecule has 0 spiro atoms. The third-order valence-corrected chi connectivity index (χ3v) is 4.44. The van der Waals surface area contributed by atoms with Crippen LogP contribution in [0.2, 0.25) is 0 Å². The Morgan fingerprint density at radius 1 is 1.29 bits per heavy atom. The highest BCUT2D eigenvalue weighted by Gasteiger charge is 2.36. The lowest BCUT2D eigenvalue weighted by Crippen LogP contribution is -2.55. The van der Waals surface area contributed by atoms with Gasteiger partial charge in [-0.25, -0.2) is 0 Å². The van der Waals surface area contributed by atoms with E-state index in [9.17, 15) is 4.79 Å². The normalized spacial score (nSPS) is 25.3. The summed E-state index contributed by atoms with van der Waals surface area (Å²) in [6, 6.07) is 8.05. The van der Waals surface area contributed by atoms with E-state index < -0.39 is 0 Å². The number of aryl methyl sites for hydroxylation is 1. The maximum Gasteiger partial charge on any atom is 0.260 e. The molecule has 21 heavy (non-hydrogen) atoms. The first-order valence-corrected chi connectivity index (χ1v) is 7.84. The minimum Gasteiger partial charge on any atom is -0.484 e. The third-order valence-electron chi connectivity index (χ3n) is 4.44. The second-order valence-corrected chi connectivity index (χ2v) is 5.95. The van der Waals surface area contributed by atoms with Crippen molar-refractivity contribution in [2.24, 2.45) is 0 Å². The van der Waals surface area contributed by atoms with Gasteiger partial charge in [-0.3, -0.25) is 4.79 Å². The number of ether oxygens (including phenoxy) is 2. The molecule has 4 nitrogen and oxygen atoms in total. The van der Waals surface area contributed by atoms with Crippen LogP contribution in [-0.4, -0.2) is 42.7 Å². The van der Waals surface area contributed by atoms with Crippen molar-refractivity contribution in [2.45, 2.75) is 44.8 Å². The highest BCUT2D eigenvalue weighted by molar-refractivity contribution is 5.78. The molecule has 0 aromatic heterocycles. The van der Waals surface area contributed by atoms with Crippen LogP contribution in [0.3, 0.4) is 0 Å². The van der Waals surface area contributed by atoms with Crippen molar-refractivity contribution in [3.05, 3.63) is 29.8 Å². The lowest BCUT2D eigenvalue weighted by atomic mass is 9.90. The molecule has 1 aliphatic heterocycles. The fourth-order valence-corrected chi connectivity index (χ4v) is 3.27. The summed E-state index contributed by atoms with van der Waals surface area (Å²) in [5, 5.41) is 0. The third kappa shape index (κ3) is 3.38. The smallest absolute Gasteiger partial charge is 0.260 e. The number of fused-ring (bicyclic) bond motifs is 1. The number of nitrogens with zero attached hydrogens (tertiary/aromatic N) is 1. The molecular weight excluding hydrogens is 266 g/mol. The van der Waals surface area contributed by atoms with Gasteiger partial charge in [-0.05, 0) is 31.9 Å². The zero-order valence-electron chi connectivity index (χ0n) is 12.6. The maximum absolute atomic E-state index is 12.4. The van der Waals surface area contributed by atoms with Gasteiger partial charge in [-0.15, -0.1) is 0 Å². The van der Waals surface area contributed by atoms with E-state index in [4.69, 9.17) is 9.47 Å². The SMILES string of the molecule is Cc1ccc(OCC(=O)N2CCO[C@H]3CCCC[C@@H]32)cc1. The molecule has 1 saturated heterocycles. The number of hydrogen-bond acceptors (Lipinski definition) is 3. The topological polar surface area (TPSA) is 38.8 Å². The maximum atomic E-state index is 12.4. The van der Waals surface area contributed by atoms with E-state index in [0.29, 0.717) is 13.2 Å². The molecule has 1 amide bonds. The van der Waals surface area contributed by atoms with Crippen LogP contribution < -0.4 is 4.74 Å². The average molecular weight is 289 g/mol. The largest absolute Gasteiger partial charge is 0.484 e. The first kappa shape index (κ1) is 14.4. The fourth-order valence-electron chi connectivity index (χ4n) is 3.27. The summed E-state index contributed by atoms with van der Waals surface area (Å²) in [5.74, 6) is 0.832. The van der Waals surface area contributed by atoms with Crippen molar-refractivity contribution in [1.29, 1.82) is 0 Å². The van der Waals surface area contributed by atoms with Crippen LogP contribution in [0.1, 0.15) is 31.2 Å². The lowest BCUT2D eigenvalue weighted by molar-refractivity contribution is -0.151. The zero-order chi connectivity index (χ0) is 14.7. The molecule has 1 aromatic rings. The summed E-state index contributed by atoms with van der Waals surface area (Å²) in [4.78, 5) is 14.4. The molecule has 1 saturated carbocycles. The van der Waals surface area contributed by atoms with E-state index in [1.54, 1.807) is 0 Å². The molecular formula is C17H23NO3. The molecule has 0 bridgehead atoms. The van der Waals surface area contributed by atoms with Crippen LogP contribution in [-0.2, 0) is 9.53 Å². The van der Waals surface area contributed by atoms with Gasteiger partial charge in [0.05, 0.1) is 18.8 Å². The van der Waals surface area contributed by atoms with Crippen LogP contribution in [0.5, 0.6) is 5.75 Å². The molecule has 3 rings (SSSR count). The number of amides is 1. The molecule has 4 heteroatoms. The van der Waals surface area contributed by atoms with Gasteiger partial charge in [0.1, 0.15) is 5.75 Å². The predicted octanol–water partition coefficient (Wildman–Crippen LogP) is 2.54. The van der Waals surface area contributed by atoms with Gasteiger partial charge in [-0.1, -0.05) is 30.5 Å². The van der Waals surface area contributed by atoms with Crippen molar-refractivity contribution < 1.29 is 14.3 Å². The molecule has 2 atom stereocenters. The van der Waals surface area contributed by atoms with Crippen LogP contribution in [0.15, 0.2) is 24.3 Å². The van der Waals surface area contributed by atoms with Crippen molar-refractivity contribution in [1.82, 2.24) is 4.90 Å². The molecule has 0 N–H and O–H groups in total. The Labute approximate surface area is 126 Å². The Morgan fingerprint density at radius 3 is 2.86 bits per heavy atom. The summed E-state index contributed by atoms with van der Waals surface area (Å²) in [5.41, 5.74) is 1.19. The van der Waals surface area contributed by atoms with E-state index in [1.165, 1.54) is 18.4 Å². The van der Waals surface area contributed by atoms with Crippen LogP contribution in [0, 0.1) is 6.92 Å². The van der Waals surface area contributed by atoms with Crippen molar-refractivity contribution in [3.63, 3.8) is 0 Å². The number of carbonyl (C=O) groups excluding carboxylic acids is 1. The minimum absolute atomic E-state index is 0.0794. The molecule has 0 unspecified atom stereocenters. The molecule has 2 fully saturated rings.